The first-order valence-electron chi connectivity index (χ1n) is 15.8. The first-order valence-corrected chi connectivity index (χ1v) is 16.6. The Kier molecular flexibility index (Phi) is 8.57. The molecule has 2 fully saturated rings. The predicted molar refractivity (Wildman–Crippen MR) is 180 cm³/mol. The van der Waals surface area contributed by atoms with Gasteiger partial charge in [-0.05, 0) is 37.5 Å². The zero-order chi connectivity index (χ0) is 33.9. The second-order valence-corrected chi connectivity index (χ2v) is 13.1. The topological polar surface area (TPSA) is 117 Å². The molecule has 4 aliphatic rings. The molecular weight excluding hydrogens is 657 g/mol. The third-order valence-corrected chi connectivity index (χ3v) is 10.3. The highest BCUT2D eigenvalue weighted by Crippen LogP contribution is 2.47. The first kappa shape index (κ1) is 32.4. The first-order chi connectivity index (χ1) is 23.1. The van der Waals surface area contributed by atoms with E-state index in [1.54, 1.807) is 38.2 Å². The summed E-state index contributed by atoms with van der Waals surface area (Å²) >= 11 is 14.0. The summed E-state index contributed by atoms with van der Waals surface area (Å²) in [5.41, 5.74) is 5.13. The minimum absolute atomic E-state index is 0.0240. The Hall–Kier alpha value is -4.16. The van der Waals surface area contributed by atoms with Gasteiger partial charge in [0.05, 0.1) is 41.1 Å². The van der Waals surface area contributed by atoms with Gasteiger partial charge in [-0.15, -0.1) is 0 Å². The molecule has 48 heavy (non-hydrogen) atoms. The highest BCUT2D eigenvalue weighted by atomic mass is 35.5. The summed E-state index contributed by atoms with van der Waals surface area (Å²) in [7, 11) is 4.97. The number of aromatic nitrogens is 1. The molecule has 3 atom stereocenters. The average Bonchev–Trinajstić information content (AvgIpc) is 3.77. The van der Waals surface area contributed by atoms with Crippen molar-refractivity contribution in [2.75, 3.05) is 46.2 Å². The number of benzene rings is 2. The SMILES string of the molecule is CCOC(=O)C1CN([C@@H]2CCc3cc(-c4cccc(-c5cccc(NC(=O)C6=CN(C)C7OC7N(C)C6=O)c5Cl)c4Cl)nc(OC)c32)C1. The number of likely N-dealkylation sites (N-methyl/N-ethyl adjacent to an activating group) is 2. The molecule has 2 saturated heterocycles. The number of rotatable bonds is 8. The van der Waals surface area contributed by atoms with Crippen LogP contribution in [-0.4, -0.2) is 90.8 Å². The van der Waals surface area contributed by atoms with Gasteiger partial charge in [-0.1, -0.05) is 53.5 Å². The number of methoxy groups -OCH3 is 1. The van der Waals surface area contributed by atoms with Crippen LogP contribution in [0.3, 0.4) is 0 Å². The van der Waals surface area contributed by atoms with Crippen LogP contribution in [0.4, 0.5) is 5.69 Å². The molecule has 2 aromatic carbocycles. The fourth-order valence-corrected chi connectivity index (χ4v) is 7.45. The standard InChI is InChI=1S/C35H35Cl2N5O6/c1-5-47-35(45)19-15-42(16-19)26-13-12-18-14-25(39-31(46-4)27(18)26)22-10-6-8-20(28(22)36)21-9-7-11-24(29(21)37)38-30(43)23-17-40(2)33-34(48-33)41(3)32(23)44/h6-11,14,17,19,26,33-34H,5,12-13,15-16H2,1-4H3,(H,38,43)/t26-,33?,34?/m1/s1. The highest BCUT2D eigenvalue weighted by molar-refractivity contribution is 6.40. The van der Waals surface area contributed by atoms with Crippen molar-refractivity contribution < 1.29 is 28.6 Å². The summed E-state index contributed by atoms with van der Waals surface area (Å²) in [6.45, 7) is 3.51. The lowest BCUT2D eigenvalue weighted by Gasteiger charge is -2.42. The van der Waals surface area contributed by atoms with Crippen LogP contribution in [0.15, 0.2) is 54.2 Å². The van der Waals surface area contributed by atoms with E-state index in [0.717, 1.165) is 24.0 Å². The molecule has 3 aliphatic heterocycles. The largest absolute Gasteiger partial charge is 0.481 e. The van der Waals surface area contributed by atoms with E-state index in [9.17, 15) is 14.4 Å². The molecule has 0 bridgehead atoms. The maximum Gasteiger partial charge on any atom is 0.311 e. The molecule has 13 heteroatoms. The Morgan fingerprint density at radius 3 is 2.48 bits per heavy atom. The molecule has 3 aromatic rings. The van der Waals surface area contributed by atoms with Gasteiger partial charge in [-0.3, -0.25) is 19.3 Å². The Balaban J connectivity index is 1.15. The fraction of sp³-hybridized carbons (Fsp3) is 0.371. The number of esters is 1. The third kappa shape index (κ3) is 5.58. The number of nitrogens with one attached hydrogen (secondary N) is 1. The molecule has 1 N–H and O–H groups in total. The van der Waals surface area contributed by atoms with E-state index in [1.165, 1.54) is 11.1 Å². The molecule has 0 saturated carbocycles. The molecule has 7 rings (SSSR count). The summed E-state index contributed by atoms with van der Waals surface area (Å²) in [6, 6.07) is 13.1. The number of carbonyl (C=O) groups is 3. The van der Waals surface area contributed by atoms with E-state index in [2.05, 4.69) is 16.3 Å². The maximum absolute atomic E-state index is 13.3. The molecule has 0 radical (unpaired) electrons. The van der Waals surface area contributed by atoms with E-state index in [1.807, 2.05) is 31.2 Å². The number of aryl methyl sites for hydroxylation is 1. The van der Waals surface area contributed by atoms with Gasteiger partial charge in [0.2, 0.25) is 5.88 Å². The van der Waals surface area contributed by atoms with Crippen LogP contribution in [0.25, 0.3) is 22.4 Å². The van der Waals surface area contributed by atoms with E-state index in [4.69, 9.17) is 42.4 Å². The number of halogens is 2. The second-order valence-electron chi connectivity index (χ2n) is 12.4. The number of hydrogen-bond acceptors (Lipinski definition) is 9. The zero-order valence-corrected chi connectivity index (χ0v) is 28.5. The molecule has 1 aromatic heterocycles. The van der Waals surface area contributed by atoms with Gasteiger partial charge in [-0.25, -0.2) is 4.98 Å². The van der Waals surface area contributed by atoms with Gasteiger partial charge in [0.25, 0.3) is 11.8 Å². The van der Waals surface area contributed by atoms with Crippen molar-refractivity contribution in [3.63, 3.8) is 0 Å². The lowest BCUT2D eigenvalue weighted by atomic mass is 9.95. The Bertz CT molecular complexity index is 1860. The third-order valence-electron chi connectivity index (χ3n) is 9.46. The van der Waals surface area contributed by atoms with Crippen molar-refractivity contribution in [1.82, 2.24) is 19.7 Å². The van der Waals surface area contributed by atoms with E-state index in [-0.39, 0.29) is 34.8 Å². The Labute approximate surface area is 288 Å². The number of carbonyl (C=O) groups excluding carboxylic acids is 3. The van der Waals surface area contributed by atoms with Gasteiger partial charge in [-0.2, -0.15) is 0 Å². The average molecular weight is 693 g/mol. The van der Waals surface area contributed by atoms with E-state index >= 15 is 0 Å². The highest BCUT2D eigenvalue weighted by Gasteiger charge is 2.50. The summed E-state index contributed by atoms with van der Waals surface area (Å²) in [4.78, 5) is 48.8. The molecule has 0 spiro atoms. The number of pyridine rings is 1. The minimum Gasteiger partial charge on any atom is -0.481 e. The maximum atomic E-state index is 13.3. The van der Waals surface area contributed by atoms with Crippen LogP contribution in [0.1, 0.15) is 30.5 Å². The number of ether oxygens (including phenoxy) is 3. The quantitative estimate of drug-likeness (QED) is 0.195. The number of epoxide rings is 1. The molecule has 250 valence electrons. The van der Waals surface area contributed by atoms with E-state index in [0.29, 0.717) is 58.7 Å². The Morgan fingerprint density at radius 2 is 1.75 bits per heavy atom. The zero-order valence-electron chi connectivity index (χ0n) is 27.0. The molecule has 2 amide bonds. The van der Waals surface area contributed by atoms with Crippen LogP contribution in [0, 0.1) is 5.92 Å². The lowest BCUT2D eigenvalue weighted by Crippen LogP contribution is -2.51. The van der Waals surface area contributed by atoms with Crippen molar-refractivity contribution in [3.05, 3.63) is 75.4 Å². The summed E-state index contributed by atoms with van der Waals surface area (Å²) < 4.78 is 16.5. The monoisotopic (exact) mass is 691 g/mol. The van der Waals surface area contributed by atoms with Gasteiger partial charge in [0.15, 0.2) is 12.5 Å². The smallest absolute Gasteiger partial charge is 0.311 e. The number of hydrogen-bond donors (Lipinski definition) is 1. The summed E-state index contributed by atoms with van der Waals surface area (Å²) in [6.07, 6.45) is 2.57. The van der Waals surface area contributed by atoms with Crippen molar-refractivity contribution in [1.29, 1.82) is 0 Å². The Morgan fingerprint density at radius 1 is 1.04 bits per heavy atom. The lowest BCUT2D eigenvalue weighted by molar-refractivity contribution is -0.155. The van der Waals surface area contributed by atoms with Gasteiger partial charge >= 0.3 is 5.97 Å². The molecule has 4 heterocycles. The van der Waals surface area contributed by atoms with Crippen molar-refractivity contribution in [2.24, 2.45) is 5.92 Å². The molecule has 11 nitrogen and oxygen atoms in total. The second kappa shape index (κ2) is 12.7. The number of anilines is 1. The predicted octanol–water partition coefficient (Wildman–Crippen LogP) is 5.12. The van der Waals surface area contributed by atoms with Crippen LogP contribution >= 0.6 is 23.2 Å². The van der Waals surface area contributed by atoms with Crippen molar-refractivity contribution >= 4 is 46.7 Å². The van der Waals surface area contributed by atoms with Crippen molar-refractivity contribution in [3.8, 4) is 28.3 Å². The summed E-state index contributed by atoms with van der Waals surface area (Å²) in [5.74, 6) is -0.735. The van der Waals surface area contributed by atoms with Crippen LogP contribution < -0.4 is 10.1 Å². The number of amides is 2. The van der Waals surface area contributed by atoms with Gasteiger partial charge < -0.3 is 29.3 Å². The van der Waals surface area contributed by atoms with Gasteiger partial charge in [0, 0.05) is 61.7 Å². The number of nitrogens with zero attached hydrogens (tertiary/aromatic N) is 4. The normalized spacial score (nSPS) is 21.9. The number of fused-ring (bicyclic) bond motifs is 2. The van der Waals surface area contributed by atoms with Gasteiger partial charge in [0.1, 0.15) is 5.57 Å². The summed E-state index contributed by atoms with van der Waals surface area (Å²) in [5, 5.41) is 3.53. The van der Waals surface area contributed by atoms with Crippen LogP contribution in [0.2, 0.25) is 10.0 Å². The van der Waals surface area contributed by atoms with Crippen LogP contribution in [-0.2, 0) is 30.3 Å². The van der Waals surface area contributed by atoms with Crippen LogP contribution in [0.5, 0.6) is 5.88 Å². The molecular formula is C35H35Cl2N5O6. The van der Waals surface area contributed by atoms with E-state index < -0.39 is 18.0 Å². The fourth-order valence-electron chi connectivity index (χ4n) is 6.85. The number of likely N-dealkylation sites (tertiary alicyclic amines) is 1. The minimum atomic E-state index is -0.582. The molecule has 1 aliphatic carbocycles. The van der Waals surface area contributed by atoms with Crippen molar-refractivity contribution in [2.45, 2.75) is 38.3 Å². The molecule has 2 unspecified atom stereocenters.